The van der Waals surface area contributed by atoms with Gasteiger partial charge in [0.1, 0.15) is 5.82 Å². The van der Waals surface area contributed by atoms with Crippen molar-refractivity contribution in [3.8, 4) is 0 Å². The van der Waals surface area contributed by atoms with Crippen LogP contribution in [0.5, 0.6) is 0 Å². The van der Waals surface area contributed by atoms with E-state index in [9.17, 15) is 0 Å². The molecule has 0 radical (unpaired) electrons. The lowest BCUT2D eigenvalue weighted by atomic mass is 9.98. The van der Waals surface area contributed by atoms with Gasteiger partial charge < -0.3 is 10.1 Å². The molecule has 7 heteroatoms. The van der Waals surface area contributed by atoms with Gasteiger partial charge in [-0.1, -0.05) is 37.3 Å². The minimum atomic E-state index is 0.0557. The maximum Gasteiger partial charge on any atom is 0.178 e. The van der Waals surface area contributed by atoms with E-state index < -0.39 is 0 Å². The van der Waals surface area contributed by atoms with Gasteiger partial charge in [-0.3, -0.25) is 4.90 Å². The van der Waals surface area contributed by atoms with Crippen LogP contribution in [0.4, 0.5) is 5.82 Å². The fourth-order valence-electron chi connectivity index (χ4n) is 3.51. The van der Waals surface area contributed by atoms with Crippen LogP contribution < -0.4 is 5.32 Å². The van der Waals surface area contributed by atoms with Gasteiger partial charge in [0.2, 0.25) is 0 Å². The maximum absolute atomic E-state index is 6.09. The summed E-state index contributed by atoms with van der Waals surface area (Å²) in [5.74, 6) is 1.66. The SMILES string of the molecule is CCc1nnc2ccc(NC[C@@H]3OCCN(C)[C@H]3c3ccccc3)nn12. The van der Waals surface area contributed by atoms with Crippen LogP contribution >= 0.6 is 0 Å². The lowest BCUT2D eigenvalue weighted by Crippen LogP contribution is -2.46. The highest BCUT2D eigenvalue weighted by Crippen LogP contribution is 2.28. The number of hydrogen-bond donors (Lipinski definition) is 1. The molecule has 3 heterocycles. The van der Waals surface area contributed by atoms with Crippen molar-refractivity contribution in [2.45, 2.75) is 25.5 Å². The Bertz CT molecular complexity index is 865. The molecule has 1 aliphatic rings. The first-order valence-corrected chi connectivity index (χ1v) is 9.08. The fraction of sp³-hybridized carbons (Fsp3) is 0.421. The first-order chi connectivity index (χ1) is 12.8. The third-order valence-electron chi connectivity index (χ3n) is 4.87. The number of fused-ring (bicyclic) bond motifs is 1. The van der Waals surface area contributed by atoms with Crippen molar-refractivity contribution in [3.63, 3.8) is 0 Å². The van der Waals surface area contributed by atoms with Gasteiger partial charge >= 0.3 is 0 Å². The number of nitrogens with zero attached hydrogens (tertiary/aromatic N) is 5. The third kappa shape index (κ3) is 3.27. The number of rotatable bonds is 5. The van der Waals surface area contributed by atoms with Crippen molar-refractivity contribution >= 4 is 11.5 Å². The van der Waals surface area contributed by atoms with Crippen LogP contribution in [0.25, 0.3) is 5.65 Å². The molecule has 1 fully saturated rings. The van der Waals surface area contributed by atoms with Gasteiger partial charge in [-0.05, 0) is 24.7 Å². The monoisotopic (exact) mass is 352 g/mol. The number of hydrogen-bond acceptors (Lipinski definition) is 6. The molecule has 0 bridgehead atoms. The van der Waals surface area contributed by atoms with E-state index in [2.05, 4.69) is 56.8 Å². The standard InChI is InChI=1S/C19H24N6O/c1-3-17-21-22-18-10-9-16(23-25(17)18)20-13-15-19(24(2)11-12-26-15)14-7-5-4-6-8-14/h4-10,15,19H,3,11-13H2,1-2H3,(H,20,23)/t15-,19-/m0/s1. The van der Waals surface area contributed by atoms with Crippen LogP contribution in [-0.4, -0.2) is 57.6 Å². The molecule has 0 aliphatic carbocycles. The lowest BCUT2D eigenvalue weighted by molar-refractivity contribution is -0.0557. The Labute approximate surface area is 153 Å². The van der Waals surface area contributed by atoms with E-state index in [1.54, 1.807) is 4.52 Å². The first kappa shape index (κ1) is 16.9. The molecule has 136 valence electrons. The summed E-state index contributed by atoms with van der Waals surface area (Å²) in [7, 11) is 2.15. The molecule has 0 spiro atoms. The summed E-state index contributed by atoms with van der Waals surface area (Å²) in [5.41, 5.74) is 2.04. The Morgan fingerprint density at radius 1 is 1.15 bits per heavy atom. The molecule has 26 heavy (non-hydrogen) atoms. The third-order valence-corrected chi connectivity index (χ3v) is 4.87. The van der Waals surface area contributed by atoms with E-state index in [4.69, 9.17) is 4.74 Å². The molecule has 1 saturated heterocycles. The van der Waals surface area contributed by atoms with Crippen molar-refractivity contribution in [3.05, 3.63) is 53.9 Å². The van der Waals surface area contributed by atoms with Crippen LogP contribution in [-0.2, 0) is 11.2 Å². The highest BCUT2D eigenvalue weighted by atomic mass is 16.5. The number of ether oxygens (including phenoxy) is 1. The van der Waals surface area contributed by atoms with E-state index >= 15 is 0 Å². The first-order valence-electron chi connectivity index (χ1n) is 9.08. The molecule has 2 atom stereocenters. The van der Waals surface area contributed by atoms with Gasteiger partial charge in [0.25, 0.3) is 0 Å². The normalized spacial score (nSPS) is 21.2. The van der Waals surface area contributed by atoms with Gasteiger partial charge in [0.15, 0.2) is 11.5 Å². The Kier molecular flexibility index (Phi) is 4.81. The summed E-state index contributed by atoms with van der Waals surface area (Å²) < 4.78 is 7.89. The Hall–Kier alpha value is -2.51. The van der Waals surface area contributed by atoms with Crippen molar-refractivity contribution < 1.29 is 4.74 Å². The largest absolute Gasteiger partial charge is 0.373 e. The summed E-state index contributed by atoms with van der Waals surface area (Å²) in [6.07, 6.45) is 0.852. The molecule has 1 aliphatic heterocycles. The highest BCUT2D eigenvalue weighted by Gasteiger charge is 2.31. The quantitative estimate of drug-likeness (QED) is 0.759. The average molecular weight is 352 g/mol. The topological polar surface area (TPSA) is 67.6 Å². The van der Waals surface area contributed by atoms with Gasteiger partial charge in [0.05, 0.1) is 18.8 Å². The summed E-state index contributed by atoms with van der Waals surface area (Å²) >= 11 is 0. The molecule has 0 amide bonds. The second kappa shape index (κ2) is 7.39. The number of aromatic nitrogens is 4. The van der Waals surface area contributed by atoms with E-state index in [-0.39, 0.29) is 12.1 Å². The zero-order valence-electron chi connectivity index (χ0n) is 15.2. The molecule has 2 aromatic heterocycles. The molecular formula is C19H24N6O. The summed E-state index contributed by atoms with van der Waals surface area (Å²) in [5, 5.41) is 16.3. The smallest absolute Gasteiger partial charge is 0.178 e. The predicted octanol–water partition coefficient (Wildman–Crippen LogP) is 2.17. The van der Waals surface area contributed by atoms with Gasteiger partial charge in [-0.15, -0.1) is 15.3 Å². The molecule has 1 aromatic carbocycles. The Balaban J connectivity index is 1.52. The van der Waals surface area contributed by atoms with Crippen LogP contribution in [0, 0.1) is 0 Å². The maximum atomic E-state index is 6.09. The average Bonchev–Trinajstić information content (AvgIpc) is 3.09. The van der Waals surface area contributed by atoms with Gasteiger partial charge in [-0.2, -0.15) is 4.52 Å². The van der Waals surface area contributed by atoms with Crippen LogP contribution in [0.2, 0.25) is 0 Å². The second-order valence-electron chi connectivity index (χ2n) is 6.58. The van der Waals surface area contributed by atoms with E-state index in [0.717, 1.165) is 36.9 Å². The van der Waals surface area contributed by atoms with Crippen LogP contribution in [0.3, 0.4) is 0 Å². The zero-order valence-corrected chi connectivity index (χ0v) is 15.2. The molecular weight excluding hydrogens is 328 g/mol. The number of likely N-dealkylation sites (N-methyl/N-ethyl adjacent to an activating group) is 1. The second-order valence-corrected chi connectivity index (χ2v) is 6.58. The highest BCUT2D eigenvalue weighted by molar-refractivity contribution is 5.44. The Morgan fingerprint density at radius 2 is 2.00 bits per heavy atom. The summed E-state index contributed by atoms with van der Waals surface area (Å²) in [6, 6.07) is 14.6. The van der Waals surface area contributed by atoms with Crippen LogP contribution in [0.1, 0.15) is 24.4 Å². The molecule has 0 unspecified atom stereocenters. The Morgan fingerprint density at radius 3 is 2.81 bits per heavy atom. The summed E-state index contributed by atoms with van der Waals surface area (Å²) in [4.78, 5) is 2.36. The molecule has 1 N–H and O–H groups in total. The minimum absolute atomic E-state index is 0.0557. The minimum Gasteiger partial charge on any atom is -0.373 e. The molecule has 3 aromatic rings. The number of nitrogens with one attached hydrogen (secondary N) is 1. The van der Waals surface area contributed by atoms with Gasteiger partial charge in [-0.25, -0.2) is 0 Å². The van der Waals surface area contributed by atoms with Crippen LogP contribution in [0.15, 0.2) is 42.5 Å². The molecule has 0 saturated carbocycles. The molecule has 7 nitrogen and oxygen atoms in total. The van der Waals surface area contributed by atoms with Crippen molar-refractivity contribution in [2.75, 3.05) is 32.1 Å². The zero-order chi connectivity index (χ0) is 17.9. The number of aryl methyl sites for hydroxylation is 1. The van der Waals surface area contributed by atoms with Crippen molar-refractivity contribution in [1.82, 2.24) is 24.7 Å². The van der Waals surface area contributed by atoms with Crippen molar-refractivity contribution in [1.29, 1.82) is 0 Å². The summed E-state index contributed by atoms with van der Waals surface area (Å²) in [6.45, 7) is 4.41. The number of benzene rings is 1. The predicted molar refractivity (Wildman–Crippen MR) is 100 cm³/mol. The number of morpholine rings is 1. The fourth-order valence-corrected chi connectivity index (χ4v) is 3.51. The van der Waals surface area contributed by atoms with Gasteiger partial charge in [0, 0.05) is 19.5 Å². The lowest BCUT2D eigenvalue weighted by Gasteiger charge is -2.39. The number of anilines is 1. The van der Waals surface area contributed by atoms with E-state index in [1.165, 1.54) is 5.56 Å². The van der Waals surface area contributed by atoms with E-state index in [1.807, 2.05) is 25.1 Å². The van der Waals surface area contributed by atoms with Crippen molar-refractivity contribution in [2.24, 2.45) is 0 Å². The van der Waals surface area contributed by atoms with E-state index in [0.29, 0.717) is 6.54 Å². The molecule has 4 rings (SSSR count).